The molecule has 0 spiro atoms. The van der Waals surface area contributed by atoms with Gasteiger partial charge < -0.3 is 15.4 Å². The molecule has 220 valence electrons. The van der Waals surface area contributed by atoms with Gasteiger partial charge in [-0.3, -0.25) is 10.3 Å². The van der Waals surface area contributed by atoms with E-state index in [9.17, 15) is 4.79 Å². The second-order valence-corrected chi connectivity index (χ2v) is 10.4. The summed E-state index contributed by atoms with van der Waals surface area (Å²) in [5, 5.41) is 15.4. The van der Waals surface area contributed by atoms with E-state index in [0.29, 0.717) is 35.5 Å². The zero-order valence-electron chi connectivity index (χ0n) is 24.7. The molecular formula is C34H32N8O2. The number of fused-ring (bicyclic) bond motifs is 1. The van der Waals surface area contributed by atoms with Crippen LogP contribution in [0.1, 0.15) is 29.4 Å². The quantitative estimate of drug-likeness (QED) is 0.162. The Balaban J connectivity index is 1.16. The summed E-state index contributed by atoms with van der Waals surface area (Å²) >= 11 is 0. The fourth-order valence-electron chi connectivity index (χ4n) is 4.81. The molecule has 6 aromatic rings. The molecule has 0 aliphatic heterocycles. The van der Waals surface area contributed by atoms with E-state index in [1.54, 1.807) is 23.3 Å². The number of nitrogens with zero attached hydrogens (tertiary/aromatic N) is 5. The van der Waals surface area contributed by atoms with E-state index >= 15 is 0 Å². The maximum absolute atomic E-state index is 13.2. The van der Waals surface area contributed by atoms with Crippen molar-refractivity contribution in [1.82, 2.24) is 24.7 Å². The van der Waals surface area contributed by atoms with Gasteiger partial charge in [-0.1, -0.05) is 48.9 Å². The smallest absolute Gasteiger partial charge is 0.324 e. The van der Waals surface area contributed by atoms with Gasteiger partial charge in [0, 0.05) is 29.2 Å². The molecule has 0 aliphatic carbocycles. The Kier molecular flexibility index (Phi) is 8.13. The van der Waals surface area contributed by atoms with Crippen molar-refractivity contribution in [2.45, 2.75) is 33.8 Å². The molecule has 0 unspecified atom stereocenters. The highest BCUT2D eigenvalue weighted by atomic mass is 16.5. The highest BCUT2D eigenvalue weighted by Gasteiger charge is 2.14. The lowest BCUT2D eigenvalue weighted by molar-refractivity contribution is 0.262. The summed E-state index contributed by atoms with van der Waals surface area (Å²) in [5.74, 6) is 2.57. The van der Waals surface area contributed by atoms with Gasteiger partial charge in [0.2, 0.25) is 0 Å². The lowest BCUT2D eigenvalue weighted by Gasteiger charge is -2.15. The molecule has 2 amide bonds. The number of amides is 2. The van der Waals surface area contributed by atoms with E-state index in [-0.39, 0.29) is 6.03 Å². The minimum absolute atomic E-state index is 0.331. The number of pyridine rings is 1. The number of urea groups is 1. The van der Waals surface area contributed by atoms with Crippen LogP contribution in [0.2, 0.25) is 0 Å². The summed E-state index contributed by atoms with van der Waals surface area (Å²) in [6.45, 7) is 6.29. The average Bonchev–Trinajstić information content (AvgIpc) is 3.40. The first kappa shape index (κ1) is 28.4. The third-order valence-corrected chi connectivity index (χ3v) is 7.01. The highest BCUT2D eigenvalue weighted by Crippen LogP contribution is 2.32. The van der Waals surface area contributed by atoms with Crippen molar-refractivity contribution in [3.05, 3.63) is 120 Å². The second-order valence-electron chi connectivity index (χ2n) is 10.4. The normalized spacial score (nSPS) is 10.9. The molecule has 3 aromatic carbocycles. The molecule has 6 rings (SSSR count). The highest BCUT2D eigenvalue weighted by molar-refractivity contribution is 6.07. The molecule has 0 atom stereocenters. The SMILES string of the molecule is CCc1cncc(Nc2cc(COc3ccc(NC(=O)Nc4cc(C)nn4-c4ccc(C)cc4)c4ccccc34)ccn2)n1. The largest absolute Gasteiger partial charge is 0.488 e. The van der Waals surface area contributed by atoms with Crippen LogP contribution in [0.25, 0.3) is 16.5 Å². The first-order valence-corrected chi connectivity index (χ1v) is 14.3. The first-order chi connectivity index (χ1) is 21.4. The summed E-state index contributed by atoms with van der Waals surface area (Å²) in [7, 11) is 0. The number of carbonyl (C=O) groups excluding carboxylic acids is 1. The molecule has 3 aromatic heterocycles. The first-order valence-electron chi connectivity index (χ1n) is 14.3. The average molecular weight is 585 g/mol. The Morgan fingerprint density at radius 2 is 1.70 bits per heavy atom. The van der Waals surface area contributed by atoms with Crippen LogP contribution < -0.4 is 20.7 Å². The summed E-state index contributed by atoms with van der Waals surface area (Å²) < 4.78 is 7.98. The Morgan fingerprint density at radius 1 is 0.886 bits per heavy atom. The van der Waals surface area contributed by atoms with Gasteiger partial charge in [0.15, 0.2) is 0 Å². The van der Waals surface area contributed by atoms with Crippen LogP contribution in [-0.2, 0) is 13.0 Å². The lowest BCUT2D eigenvalue weighted by Crippen LogP contribution is -2.21. The van der Waals surface area contributed by atoms with Crippen molar-refractivity contribution in [1.29, 1.82) is 0 Å². The number of anilines is 4. The van der Waals surface area contributed by atoms with Crippen LogP contribution >= 0.6 is 0 Å². The summed E-state index contributed by atoms with van der Waals surface area (Å²) in [4.78, 5) is 26.3. The van der Waals surface area contributed by atoms with Crippen LogP contribution in [-0.4, -0.2) is 30.8 Å². The van der Waals surface area contributed by atoms with E-state index in [1.807, 2.05) is 99.6 Å². The molecule has 0 fully saturated rings. The minimum Gasteiger partial charge on any atom is -0.488 e. The monoisotopic (exact) mass is 584 g/mol. The maximum atomic E-state index is 13.2. The van der Waals surface area contributed by atoms with Gasteiger partial charge in [0.05, 0.1) is 29.0 Å². The number of rotatable bonds is 9. The number of nitrogens with one attached hydrogen (secondary N) is 3. The van der Waals surface area contributed by atoms with E-state index in [4.69, 9.17) is 4.74 Å². The molecule has 44 heavy (non-hydrogen) atoms. The molecule has 3 N–H and O–H groups in total. The Labute approximate surface area is 255 Å². The zero-order chi connectivity index (χ0) is 30.5. The Hall–Kier alpha value is -5.77. The topological polar surface area (TPSA) is 119 Å². The van der Waals surface area contributed by atoms with Crippen molar-refractivity contribution >= 4 is 39.9 Å². The number of aryl methyl sites for hydroxylation is 3. The number of hydrogen-bond acceptors (Lipinski definition) is 7. The number of benzene rings is 3. The molecule has 10 heteroatoms. The third-order valence-electron chi connectivity index (χ3n) is 7.01. The van der Waals surface area contributed by atoms with Gasteiger partial charge in [-0.15, -0.1) is 0 Å². The molecular weight excluding hydrogens is 552 g/mol. The zero-order valence-corrected chi connectivity index (χ0v) is 24.7. The van der Waals surface area contributed by atoms with E-state index in [0.717, 1.165) is 45.4 Å². The van der Waals surface area contributed by atoms with Crippen molar-refractivity contribution in [3.8, 4) is 11.4 Å². The lowest BCUT2D eigenvalue weighted by atomic mass is 10.1. The third kappa shape index (κ3) is 6.49. The van der Waals surface area contributed by atoms with Gasteiger partial charge in [-0.25, -0.2) is 19.4 Å². The van der Waals surface area contributed by atoms with Gasteiger partial charge in [-0.05, 0) is 62.2 Å². The van der Waals surface area contributed by atoms with Crippen molar-refractivity contribution in [3.63, 3.8) is 0 Å². The Bertz CT molecular complexity index is 1930. The number of hydrogen-bond donors (Lipinski definition) is 3. The van der Waals surface area contributed by atoms with Gasteiger partial charge in [0.1, 0.15) is 29.8 Å². The molecule has 0 aliphatic rings. The second kappa shape index (κ2) is 12.6. The number of ether oxygens (including phenoxy) is 1. The predicted octanol–water partition coefficient (Wildman–Crippen LogP) is 7.36. The molecule has 10 nitrogen and oxygen atoms in total. The van der Waals surface area contributed by atoms with Crippen LogP contribution in [0.4, 0.5) is 27.9 Å². The molecule has 0 radical (unpaired) electrons. The summed E-state index contributed by atoms with van der Waals surface area (Å²) in [6, 6.07) is 24.8. The molecule has 0 bridgehead atoms. The van der Waals surface area contributed by atoms with E-state index in [1.165, 1.54) is 0 Å². The standard InChI is InChI=1S/C34H32N8O2/c1-4-25-19-35-20-32(37-25)39-31-18-24(15-16-36-31)21-44-30-14-13-29(27-7-5-6-8-28(27)30)38-34(43)40-33-17-23(3)41-42(33)26-11-9-22(2)10-12-26/h5-20H,4,21H2,1-3H3,(H,36,37,39)(H2,38,40,43). The predicted molar refractivity (Wildman–Crippen MR) is 173 cm³/mol. The molecule has 0 saturated carbocycles. The summed E-state index contributed by atoms with van der Waals surface area (Å²) in [5.41, 5.74) is 5.31. The van der Waals surface area contributed by atoms with Crippen molar-refractivity contribution in [2.75, 3.05) is 16.0 Å². The number of aromatic nitrogens is 5. The van der Waals surface area contributed by atoms with Crippen LogP contribution in [0.15, 0.2) is 97.5 Å². The fraction of sp³-hybridized carbons (Fsp3) is 0.147. The van der Waals surface area contributed by atoms with Crippen molar-refractivity contribution < 1.29 is 9.53 Å². The van der Waals surface area contributed by atoms with Gasteiger partial charge in [-0.2, -0.15) is 5.10 Å². The van der Waals surface area contributed by atoms with Crippen LogP contribution in [0.3, 0.4) is 0 Å². The van der Waals surface area contributed by atoms with Gasteiger partial charge in [0.25, 0.3) is 0 Å². The number of carbonyl (C=O) groups is 1. The fourth-order valence-corrected chi connectivity index (χ4v) is 4.81. The van der Waals surface area contributed by atoms with Crippen LogP contribution in [0, 0.1) is 13.8 Å². The van der Waals surface area contributed by atoms with E-state index < -0.39 is 0 Å². The van der Waals surface area contributed by atoms with Gasteiger partial charge >= 0.3 is 6.03 Å². The molecule has 0 saturated heterocycles. The maximum Gasteiger partial charge on any atom is 0.324 e. The Morgan fingerprint density at radius 3 is 2.52 bits per heavy atom. The summed E-state index contributed by atoms with van der Waals surface area (Å²) in [6.07, 6.45) is 5.96. The minimum atomic E-state index is -0.372. The van der Waals surface area contributed by atoms with Crippen LogP contribution in [0.5, 0.6) is 5.75 Å². The van der Waals surface area contributed by atoms with Crippen molar-refractivity contribution in [2.24, 2.45) is 0 Å². The van der Waals surface area contributed by atoms with E-state index in [2.05, 4.69) is 36.0 Å². The molecule has 3 heterocycles.